The van der Waals surface area contributed by atoms with E-state index in [2.05, 4.69) is 30.4 Å². The average molecular weight is 161 g/mol. The smallest absolute Gasteiger partial charge is 0.0212 e. The molecule has 0 radical (unpaired) electrons. The fraction of sp³-hybridized carbons (Fsp3) is 0.455. The van der Waals surface area contributed by atoms with Crippen LogP contribution in [-0.2, 0) is 19.5 Å². The highest BCUT2D eigenvalue weighted by atomic mass is 14.9. The van der Waals surface area contributed by atoms with Crippen molar-refractivity contribution in [1.82, 2.24) is 5.32 Å². The van der Waals surface area contributed by atoms with Gasteiger partial charge in [0.1, 0.15) is 0 Å². The molecule has 1 N–H and O–H groups in total. The van der Waals surface area contributed by atoms with E-state index < -0.39 is 0 Å². The zero-order valence-electron chi connectivity index (χ0n) is 7.56. The lowest BCUT2D eigenvalue weighted by Gasteiger charge is -2.01. The highest BCUT2D eigenvalue weighted by molar-refractivity contribution is 5.34. The van der Waals surface area contributed by atoms with Gasteiger partial charge in [0, 0.05) is 13.1 Å². The molecule has 12 heavy (non-hydrogen) atoms. The summed E-state index contributed by atoms with van der Waals surface area (Å²) in [5.74, 6) is 0. The molecule has 0 fully saturated rings. The standard InChI is InChI=1S/C11H15N/c1-2-3-9-4-5-10-7-12-8-11(10)6-9/h4-6,12H,2-3,7-8H2,1H3. The fourth-order valence-corrected chi connectivity index (χ4v) is 1.79. The van der Waals surface area contributed by atoms with Gasteiger partial charge in [0.25, 0.3) is 0 Å². The molecule has 1 nitrogen and oxygen atoms in total. The first-order valence-electron chi connectivity index (χ1n) is 4.71. The Bertz CT molecular complexity index is 278. The Morgan fingerprint density at radius 3 is 2.92 bits per heavy atom. The molecule has 1 heteroatoms. The summed E-state index contributed by atoms with van der Waals surface area (Å²) >= 11 is 0. The van der Waals surface area contributed by atoms with Crippen LogP contribution in [0.3, 0.4) is 0 Å². The molecule has 0 saturated heterocycles. The molecule has 1 aromatic rings. The van der Waals surface area contributed by atoms with Crippen molar-refractivity contribution in [2.24, 2.45) is 0 Å². The van der Waals surface area contributed by atoms with Crippen LogP contribution in [0.15, 0.2) is 18.2 Å². The van der Waals surface area contributed by atoms with Gasteiger partial charge in [-0.2, -0.15) is 0 Å². The summed E-state index contributed by atoms with van der Waals surface area (Å²) in [6.45, 7) is 4.35. The van der Waals surface area contributed by atoms with Crippen LogP contribution in [0.1, 0.15) is 30.0 Å². The monoisotopic (exact) mass is 161 g/mol. The molecular formula is C11H15N. The van der Waals surface area contributed by atoms with Crippen molar-refractivity contribution < 1.29 is 0 Å². The van der Waals surface area contributed by atoms with Crippen LogP contribution in [0.25, 0.3) is 0 Å². The Balaban J connectivity index is 2.26. The van der Waals surface area contributed by atoms with E-state index in [4.69, 9.17) is 0 Å². The second-order valence-electron chi connectivity index (χ2n) is 3.46. The molecular weight excluding hydrogens is 146 g/mol. The van der Waals surface area contributed by atoms with E-state index in [-0.39, 0.29) is 0 Å². The Kier molecular flexibility index (Phi) is 2.13. The minimum atomic E-state index is 1.06. The number of fused-ring (bicyclic) bond motifs is 1. The number of hydrogen-bond donors (Lipinski definition) is 1. The van der Waals surface area contributed by atoms with Gasteiger partial charge in [-0.3, -0.25) is 0 Å². The molecule has 0 unspecified atom stereocenters. The van der Waals surface area contributed by atoms with Gasteiger partial charge in [0.05, 0.1) is 0 Å². The highest BCUT2D eigenvalue weighted by Gasteiger charge is 2.08. The minimum absolute atomic E-state index is 1.06. The van der Waals surface area contributed by atoms with Crippen molar-refractivity contribution in [2.45, 2.75) is 32.9 Å². The van der Waals surface area contributed by atoms with E-state index in [0.717, 1.165) is 13.1 Å². The maximum absolute atomic E-state index is 3.36. The summed E-state index contributed by atoms with van der Waals surface area (Å²) in [5, 5.41) is 3.36. The van der Waals surface area contributed by atoms with Crippen LogP contribution in [-0.4, -0.2) is 0 Å². The van der Waals surface area contributed by atoms with Crippen LogP contribution in [0, 0.1) is 0 Å². The molecule has 2 rings (SSSR count). The topological polar surface area (TPSA) is 12.0 Å². The quantitative estimate of drug-likeness (QED) is 0.701. The number of aryl methyl sites for hydroxylation is 1. The van der Waals surface area contributed by atoms with Crippen molar-refractivity contribution in [3.63, 3.8) is 0 Å². The third-order valence-corrected chi connectivity index (χ3v) is 2.44. The van der Waals surface area contributed by atoms with Crippen LogP contribution in [0.5, 0.6) is 0 Å². The minimum Gasteiger partial charge on any atom is -0.309 e. The van der Waals surface area contributed by atoms with E-state index in [1.165, 1.54) is 29.5 Å². The number of nitrogens with one attached hydrogen (secondary N) is 1. The molecule has 0 spiro atoms. The first kappa shape index (κ1) is 7.81. The third-order valence-electron chi connectivity index (χ3n) is 2.44. The van der Waals surface area contributed by atoms with Gasteiger partial charge >= 0.3 is 0 Å². The number of benzene rings is 1. The van der Waals surface area contributed by atoms with Crippen LogP contribution < -0.4 is 5.32 Å². The predicted octanol–water partition coefficient (Wildman–Crippen LogP) is 2.24. The van der Waals surface area contributed by atoms with Crippen molar-refractivity contribution in [2.75, 3.05) is 0 Å². The SMILES string of the molecule is CCCc1ccc2c(c1)CNC2. The van der Waals surface area contributed by atoms with Gasteiger partial charge in [0.15, 0.2) is 0 Å². The molecule has 64 valence electrons. The van der Waals surface area contributed by atoms with Crippen molar-refractivity contribution in [3.8, 4) is 0 Å². The Morgan fingerprint density at radius 2 is 2.08 bits per heavy atom. The van der Waals surface area contributed by atoms with Crippen molar-refractivity contribution >= 4 is 0 Å². The van der Waals surface area contributed by atoms with Crippen LogP contribution >= 0.6 is 0 Å². The zero-order chi connectivity index (χ0) is 8.39. The zero-order valence-corrected chi connectivity index (χ0v) is 7.56. The Labute approximate surface area is 73.8 Å². The van der Waals surface area contributed by atoms with Gasteiger partial charge < -0.3 is 5.32 Å². The summed E-state index contributed by atoms with van der Waals surface area (Å²) in [6, 6.07) is 6.87. The summed E-state index contributed by atoms with van der Waals surface area (Å²) in [5.41, 5.74) is 4.47. The van der Waals surface area contributed by atoms with E-state index in [0.29, 0.717) is 0 Å². The largest absolute Gasteiger partial charge is 0.309 e. The maximum atomic E-state index is 3.36. The molecule has 1 aliphatic heterocycles. The van der Waals surface area contributed by atoms with Crippen molar-refractivity contribution in [1.29, 1.82) is 0 Å². The van der Waals surface area contributed by atoms with Gasteiger partial charge in [0.2, 0.25) is 0 Å². The van der Waals surface area contributed by atoms with E-state index in [1.807, 2.05) is 0 Å². The predicted molar refractivity (Wildman–Crippen MR) is 51.0 cm³/mol. The summed E-state index contributed by atoms with van der Waals surface area (Å²) in [4.78, 5) is 0. The molecule has 0 aliphatic carbocycles. The normalized spacial score (nSPS) is 14.8. The summed E-state index contributed by atoms with van der Waals surface area (Å²) in [7, 11) is 0. The average Bonchev–Trinajstić information content (AvgIpc) is 2.51. The van der Waals surface area contributed by atoms with Gasteiger partial charge in [-0.15, -0.1) is 0 Å². The lowest BCUT2D eigenvalue weighted by molar-refractivity contribution is 0.764. The Morgan fingerprint density at radius 1 is 1.25 bits per heavy atom. The number of hydrogen-bond acceptors (Lipinski definition) is 1. The molecule has 0 aromatic heterocycles. The maximum Gasteiger partial charge on any atom is 0.0212 e. The summed E-state index contributed by atoms with van der Waals surface area (Å²) in [6.07, 6.45) is 2.46. The first-order chi connectivity index (χ1) is 5.90. The van der Waals surface area contributed by atoms with Crippen LogP contribution in [0.2, 0.25) is 0 Å². The number of rotatable bonds is 2. The summed E-state index contributed by atoms with van der Waals surface area (Å²) < 4.78 is 0. The van der Waals surface area contributed by atoms with Gasteiger partial charge in [-0.1, -0.05) is 31.5 Å². The first-order valence-corrected chi connectivity index (χ1v) is 4.71. The molecule has 1 heterocycles. The second kappa shape index (κ2) is 3.28. The van der Waals surface area contributed by atoms with Crippen LogP contribution in [0.4, 0.5) is 0 Å². The van der Waals surface area contributed by atoms with Gasteiger partial charge in [-0.05, 0) is 23.1 Å². The molecule has 0 amide bonds. The van der Waals surface area contributed by atoms with E-state index in [1.54, 1.807) is 0 Å². The lowest BCUT2D eigenvalue weighted by Crippen LogP contribution is -1.99. The second-order valence-corrected chi connectivity index (χ2v) is 3.46. The highest BCUT2D eigenvalue weighted by Crippen LogP contribution is 2.17. The molecule has 1 aromatic carbocycles. The van der Waals surface area contributed by atoms with Crippen molar-refractivity contribution in [3.05, 3.63) is 34.9 Å². The third kappa shape index (κ3) is 1.37. The van der Waals surface area contributed by atoms with E-state index >= 15 is 0 Å². The molecule has 1 aliphatic rings. The molecule has 0 saturated carbocycles. The van der Waals surface area contributed by atoms with E-state index in [9.17, 15) is 0 Å². The lowest BCUT2D eigenvalue weighted by atomic mass is 10.0. The fourth-order valence-electron chi connectivity index (χ4n) is 1.79. The van der Waals surface area contributed by atoms with Gasteiger partial charge in [-0.25, -0.2) is 0 Å². The molecule has 0 bridgehead atoms. The molecule has 0 atom stereocenters. The Hall–Kier alpha value is -0.820.